The van der Waals surface area contributed by atoms with Crippen LogP contribution in [0.2, 0.25) is 0 Å². The number of methoxy groups -OCH3 is 2. The summed E-state index contributed by atoms with van der Waals surface area (Å²) in [5, 5.41) is 0. The van der Waals surface area contributed by atoms with Crippen molar-refractivity contribution in [1.82, 2.24) is 0 Å². The first-order valence-corrected chi connectivity index (χ1v) is 9.83. The molecule has 29 heavy (non-hydrogen) atoms. The van der Waals surface area contributed by atoms with E-state index in [1.807, 2.05) is 38.1 Å². The first-order valence-electron chi connectivity index (χ1n) is 9.83. The molecule has 0 aliphatic carbocycles. The number of benzene rings is 1. The summed E-state index contributed by atoms with van der Waals surface area (Å²) in [6, 6.07) is 7.75. The van der Waals surface area contributed by atoms with Gasteiger partial charge >= 0.3 is 5.97 Å². The first kappa shape index (κ1) is 24.9. The lowest BCUT2D eigenvalue weighted by atomic mass is 10.1. The fraction of sp³-hybridized carbons (Fsp3) is 0.522. The Hall–Kier alpha value is -2.15. The van der Waals surface area contributed by atoms with Crippen molar-refractivity contribution in [3.63, 3.8) is 0 Å². The first-order chi connectivity index (χ1) is 14.0. The molecule has 3 atom stereocenters. The number of ether oxygens (including phenoxy) is 5. The average Bonchev–Trinajstić information content (AvgIpc) is 2.72. The maximum atomic E-state index is 11.9. The summed E-state index contributed by atoms with van der Waals surface area (Å²) in [5.41, 5.74) is 1.07. The molecule has 0 amide bonds. The van der Waals surface area contributed by atoms with Crippen molar-refractivity contribution < 1.29 is 28.5 Å². The molecule has 0 aliphatic rings. The molecule has 0 N–H and O–H groups in total. The van der Waals surface area contributed by atoms with Gasteiger partial charge in [0.15, 0.2) is 0 Å². The zero-order valence-corrected chi connectivity index (χ0v) is 18.0. The van der Waals surface area contributed by atoms with Crippen LogP contribution < -0.4 is 4.74 Å². The van der Waals surface area contributed by atoms with Crippen molar-refractivity contribution >= 4 is 5.97 Å². The predicted octanol–water partition coefficient (Wildman–Crippen LogP) is 4.43. The molecule has 0 unspecified atom stereocenters. The van der Waals surface area contributed by atoms with Gasteiger partial charge in [0, 0.05) is 13.2 Å². The van der Waals surface area contributed by atoms with E-state index in [-0.39, 0.29) is 31.1 Å². The lowest BCUT2D eigenvalue weighted by molar-refractivity contribution is -0.143. The summed E-state index contributed by atoms with van der Waals surface area (Å²) < 4.78 is 26.6. The summed E-state index contributed by atoms with van der Waals surface area (Å²) in [6.45, 7) is 8.29. The Balaban J connectivity index is 2.24. The van der Waals surface area contributed by atoms with Gasteiger partial charge < -0.3 is 23.7 Å². The van der Waals surface area contributed by atoms with E-state index >= 15 is 0 Å². The molecular formula is C23H34O6. The molecule has 0 aromatic heterocycles. The zero-order chi connectivity index (χ0) is 21.5. The van der Waals surface area contributed by atoms with E-state index in [9.17, 15) is 4.79 Å². The van der Waals surface area contributed by atoms with Crippen LogP contribution >= 0.6 is 0 Å². The highest BCUT2D eigenvalue weighted by molar-refractivity contribution is 5.82. The maximum Gasteiger partial charge on any atom is 0.330 e. The van der Waals surface area contributed by atoms with Crippen LogP contribution in [-0.4, -0.2) is 45.3 Å². The largest absolute Gasteiger partial charge is 0.497 e. The van der Waals surface area contributed by atoms with Crippen LogP contribution in [0.1, 0.15) is 38.7 Å². The molecule has 162 valence electrons. The highest BCUT2D eigenvalue weighted by Crippen LogP contribution is 2.13. The van der Waals surface area contributed by atoms with E-state index in [4.69, 9.17) is 23.7 Å². The van der Waals surface area contributed by atoms with Crippen molar-refractivity contribution in [1.29, 1.82) is 0 Å². The Morgan fingerprint density at radius 3 is 2.41 bits per heavy atom. The van der Waals surface area contributed by atoms with Gasteiger partial charge in [-0.3, -0.25) is 0 Å². The second kappa shape index (κ2) is 14.8. The van der Waals surface area contributed by atoms with Crippen LogP contribution in [0.5, 0.6) is 5.75 Å². The van der Waals surface area contributed by atoms with Crippen LogP contribution in [0, 0.1) is 0 Å². The van der Waals surface area contributed by atoms with E-state index in [0.717, 1.165) is 11.3 Å². The smallest absolute Gasteiger partial charge is 0.330 e. The maximum absolute atomic E-state index is 11.9. The van der Waals surface area contributed by atoms with Gasteiger partial charge in [0.1, 0.15) is 12.5 Å². The summed E-state index contributed by atoms with van der Waals surface area (Å²) >= 11 is 0. The topological polar surface area (TPSA) is 63.2 Å². The molecule has 6 heteroatoms. The number of rotatable bonds is 15. The van der Waals surface area contributed by atoms with Gasteiger partial charge in [0.05, 0.1) is 32.0 Å². The Kier molecular flexibility index (Phi) is 12.7. The third kappa shape index (κ3) is 11.4. The quantitative estimate of drug-likeness (QED) is 0.186. The fourth-order valence-corrected chi connectivity index (χ4v) is 2.50. The monoisotopic (exact) mass is 406 g/mol. The molecule has 0 heterocycles. The minimum atomic E-state index is -0.354. The minimum absolute atomic E-state index is 0.00939. The van der Waals surface area contributed by atoms with Gasteiger partial charge in [0.25, 0.3) is 0 Å². The molecule has 1 aromatic rings. The van der Waals surface area contributed by atoms with Crippen molar-refractivity contribution in [3.05, 3.63) is 54.6 Å². The van der Waals surface area contributed by atoms with E-state index in [1.54, 1.807) is 26.4 Å². The number of esters is 1. The molecule has 0 saturated heterocycles. The normalized spacial score (nSPS) is 14.3. The standard InChI is InChI=1S/C23H34O6/c1-6-21(28-17-25-4)13-10-19(3)29-23(24)9-7-8-18(2)27-16-20-11-14-22(26-5)15-12-20/h6-7,9,11-12,14-15,18-19,21H,1,8,10,13,16-17H2,2-5H3/b9-7+/t18-,19-,21+/m1/s1. The fourth-order valence-electron chi connectivity index (χ4n) is 2.50. The molecule has 6 nitrogen and oxygen atoms in total. The van der Waals surface area contributed by atoms with Gasteiger partial charge in [-0.2, -0.15) is 0 Å². The third-order valence-corrected chi connectivity index (χ3v) is 4.25. The highest BCUT2D eigenvalue weighted by atomic mass is 16.7. The van der Waals surface area contributed by atoms with Crippen molar-refractivity contribution in [2.24, 2.45) is 0 Å². The highest BCUT2D eigenvalue weighted by Gasteiger charge is 2.11. The van der Waals surface area contributed by atoms with Crippen LogP contribution in [0.3, 0.4) is 0 Å². The lowest BCUT2D eigenvalue weighted by Crippen LogP contribution is -2.18. The molecule has 1 aromatic carbocycles. The van der Waals surface area contributed by atoms with Crippen LogP contribution in [0.15, 0.2) is 49.1 Å². The summed E-state index contributed by atoms with van der Waals surface area (Å²) in [7, 11) is 3.21. The van der Waals surface area contributed by atoms with Crippen molar-refractivity contribution in [3.8, 4) is 5.75 Å². The lowest BCUT2D eigenvalue weighted by Gasteiger charge is -2.16. The number of carbonyl (C=O) groups is 1. The van der Waals surface area contributed by atoms with Crippen LogP contribution in [0.4, 0.5) is 0 Å². The number of carbonyl (C=O) groups excluding carboxylic acids is 1. The number of hydrogen-bond acceptors (Lipinski definition) is 6. The van der Waals surface area contributed by atoms with Gasteiger partial charge in [-0.15, -0.1) is 6.58 Å². The predicted molar refractivity (Wildman–Crippen MR) is 113 cm³/mol. The molecule has 0 radical (unpaired) electrons. The Morgan fingerprint density at radius 1 is 1.07 bits per heavy atom. The van der Waals surface area contributed by atoms with Crippen LogP contribution in [0.25, 0.3) is 0 Å². The molecule has 1 rings (SSSR count). The molecule has 0 fully saturated rings. The Morgan fingerprint density at radius 2 is 1.79 bits per heavy atom. The molecule has 0 aliphatic heterocycles. The Bertz CT molecular complexity index is 610. The number of hydrogen-bond donors (Lipinski definition) is 0. The average molecular weight is 407 g/mol. The van der Waals surface area contributed by atoms with Gasteiger partial charge in [-0.05, 0) is 50.8 Å². The van der Waals surface area contributed by atoms with Crippen molar-refractivity contribution in [2.45, 2.75) is 58.0 Å². The summed E-state index contributed by atoms with van der Waals surface area (Å²) in [6.07, 6.45) is 6.65. The zero-order valence-electron chi connectivity index (χ0n) is 18.0. The van der Waals surface area contributed by atoms with Gasteiger partial charge in [0.2, 0.25) is 0 Å². The second-order valence-corrected chi connectivity index (χ2v) is 6.78. The van der Waals surface area contributed by atoms with E-state index < -0.39 is 0 Å². The van der Waals surface area contributed by atoms with Gasteiger partial charge in [-0.1, -0.05) is 24.3 Å². The van der Waals surface area contributed by atoms with Crippen molar-refractivity contribution in [2.75, 3.05) is 21.0 Å². The van der Waals surface area contributed by atoms with Crippen LogP contribution in [-0.2, 0) is 30.3 Å². The third-order valence-electron chi connectivity index (χ3n) is 4.25. The SMILES string of the molecule is C=C[C@@H](CC[C@@H](C)OC(=O)/C=C/C[C@@H](C)OCc1ccc(OC)cc1)OCOC. The molecule has 0 saturated carbocycles. The minimum Gasteiger partial charge on any atom is -0.497 e. The van der Waals surface area contributed by atoms with E-state index in [1.165, 1.54) is 6.08 Å². The summed E-state index contributed by atoms with van der Waals surface area (Å²) in [5.74, 6) is 0.466. The molecule has 0 spiro atoms. The van der Waals surface area contributed by atoms with E-state index in [2.05, 4.69) is 6.58 Å². The molecule has 0 bridgehead atoms. The summed E-state index contributed by atoms with van der Waals surface area (Å²) in [4.78, 5) is 11.9. The second-order valence-electron chi connectivity index (χ2n) is 6.78. The van der Waals surface area contributed by atoms with E-state index in [0.29, 0.717) is 25.9 Å². The Labute approximate surface area is 174 Å². The molecular weight excluding hydrogens is 372 g/mol. The van der Waals surface area contributed by atoms with Gasteiger partial charge in [-0.25, -0.2) is 4.79 Å².